The van der Waals surface area contributed by atoms with Gasteiger partial charge in [-0.2, -0.15) is 26.3 Å². The Morgan fingerprint density at radius 1 is 0.553 bits per heavy atom. The van der Waals surface area contributed by atoms with Crippen LogP contribution >= 0.6 is 0 Å². The average molecular weight is 567 g/mol. The van der Waals surface area contributed by atoms with Gasteiger partial charge in [0.25, 0.3) is 0 Å². The van der Waals surface area contributed by atoms with Crippen LogP contribution in [0.2, 0.25) is 0 Å². The molecular formula is C22H36F6N4O6. The van der Waals surface area contributed by atoms with E-state index in [9.17, 15) is 45.5 Å². The first-order valence-corrected chi connectivity index (χ1v) is 12.1. The second-order valence-electron chi connectivity index (χ2n) is 8.25. The van der Waals surface area contributed by atoms with Crippen molar-refractivity contribution in [2.75, 3.05) is 53.5 Å². The molecule has 0 aliphatic rings. The van der Waals surface area contributed by atoms with E-state index in [4.69, 9.17) is 9.47 Å². The topological polar surface area (TPSA) is 117 Å². The van der Waals surface area contributed by atoms with Crippen LogP contribution < -0.4 is 10.6 Å². The van der Waals surface area contributed by atoms with Gasteiger partial charge < -0.3 is 29.9 Å². The second kappa shape index (κ2) is 18.3. The fourth-order valence-corrected chi connectivity index (χ4v) is 3.27. The van der Waals surface area contributed by atoms with Crippen molar-refractivity contribution in [1.82, 2.24) is 20.4 Å². The van der Waals surface area contributed by atoms with Gasteiger partial charge in [0.15, 0.2) is 0 Å². The molecule has 0 aliphatic carbocycles. The third-order valence-corrected chi connectivity index (χ3v) is 5.27. The van der Waals surface area contributed by atoms with E-state index < -0.39 is 36.4 Å². The lowest BCUT2D eigenvalue weighted by molar-refractivity contribution is -0.173. The summed E-state index contributed by atoms with van der Waals surface area (Å²) < 4.78 is 82.3. The van der Waals surface area contributed by atoms with Crippen LogP contribution in [0.25, 0.3) is 0 Å². The molecule has 0 aromatic heterocycles. The van der Waals surface area contributed by atoms with Crippen molar-refractivity contribution in [2.24, 2.45) is 0 Å². The Labute approximate surface area is 217 Å². The fraction of sp³-hybridized carbons (Fsp3) is 0.818. The third kappa shape index (κ3) is 16.0. The van der Waals surface area contributed by atoms with Crippen molar-refractivity contribution in [2.45, 2.75) is 63.7 Å². The Hall–Kier alpha value is -2.94. The molecular weight excluding hydrogens is 530 g/mol. The van der Waals surface area contributed by atoms with Gasteiger partial charge in [-0.15, -0.1) is 0 Å². The van der Waals surface area contributed by atoms with Crippen LogP contribution in [0.15, 0.2) is 0 Å². The molecule has 0 saturated carbocycles. The zero-order valence-corrected chi connectivity index (χ0v) is 21.5. The van der Waals surface area contributed by atoms with E-state index in [1.165, 1.54) is 24.0 Å². The lowest BCUT2D eigenvalue weighted by Gasteiger charge is -2.23. The highest BCUT2D eigenvalue weighted by atomic mass is 19.4. The Morgan fingerprint density at radius 3 is 1.11 bits per heavy atom. The maximum absolute atomic E-state index is 12.1. The highest BCUT2D eigenvalue weighted by Gasteiger charge is 2.38. The van der Waals surface area contributed by atoms with Crippen molar-refractivity contribution < 1.29 is 55.0 Å². The first-order chi connectivity index (χ1) is 17.7. The molecule has 0 unspecified atom stereocenters. The number of unbranched alkanes of at least 4 members (excludes halogenated alkanes) is 5. The van der Waals surface area contributed by atoms with Crippen molar-refractivity contribution in [3.8, 4) is 0 Å². The van der Waals surface area contributed by atoms with Crippen LogP contribution in [0, 0.1) is 0 Å². The predicted octanol–water partition coefficient (Wildman–Crippen LogP) is 3.60. The molecule has 222 valence electrons. The third-order valence-electron chi connectivity index (χ3n) is 5.27. The number of amides is 4. The number of hydrogen-bond acceptors (Lipinski definition) is 6. The van der Waals surface area contributed by atoms with Gasteiger partial charge in [-0.05, 0) is 51.4 Å². The molecule has 0 aromatic rings. The number of ether oxygens (including phenoxy) is 2. The average Bonchev–Trinajstić information content (AvgIpc) is 2.85. The number of rotatable bonds is 17. The summed E-state index contributed by atoms with van der Waals surface area (Å²) in [6.07, 6.45) is -7.46. The smallest absolute Gasteiger partial charge is 0.453 e. The summed E-state index contributed by atoms with van der Waals surface area (Å²) in [4.78, 5) is 48.4. The van der Waals surface area contributed by atoms with Crippen molar-refractivity contribution >= 4 is 24.0 Å². The van der Waals surface area contributed by atoms with E-state index in [0.717, 1.165) is 0 Å². The van der Waals surface area contributed by atoms with Crippen LogP contribution in [0.4, 0.5) is 35.9 Å². The van der Waals surface area contributed by atoms with Gasteiger partial charge in [-0.3, -0.25) is 9.59 Å². The standard InChI is InChI=1S/C22H36F6N4O6/c1-37-19(35)31(13-7-3-5-11-29-17(33)21(23,24)25)15-9-10-16-32(20(36)38-2)14-8-4-6-12-30-18(34)22(26,27)28/h3-16H2,1-2H3,(H,29,33)(H,30,34). The lowest BCUT2D eigenvalue weighted by Crippen LogP contribution is -2.37. The number of halogens is 6. The Bertz CT molecular complexity index is 676. The molecule has 10 nitrogen and oxygen atoms in total. The normalized spacial score (nSPS) is 11.5. The zero-order valence-electron chi connectivity index (χ0n) is 21.5. The number of hydrogen-bond donors (Lipinski definition) is 2. The number of nitrogens with zero attached hydrogens (tertiary/aromatic N) is 2. The van der Waals surface area contributed by atoms with E-state index in [0.29, 0.717) is 77.5 Å². The van der Waals surface area contributed by atoms with Gasteiger partial charge in [0, 0.05) is 39.3 Å². The quantitative estimate of drug-likeness (QED) is 0.205. The van der Waals surface area contributed by atoms with Crippen LogP contribution in [0.5, 0.6) is 0 Å². The number of methoxy groups -OCH3 is 2. The summed E-state index contributed by atoms with van der Waals surface area (Å²) in [7, 11) is 2.44. The van der Waals surface area contributed by atoms with Gasteiger partial charge >= 0.3 is 36.4 Å². The number of nitrogens with one attached hydrogen (secondary N) is 2. The number of carbonyl (C=O) groups excluding carboxylic acids is 4. The highest BCUT2D eigenvalue weighted by molar-refractivity contribution is 5.81. The fourth-order valence-electron chi connectivity index (χ4n) is 3.27. The summed E-state index contributed by atoms with van der Waals surface area (Å²) in [6, 6.07) is 0. The molecule has 4 amide bonds. The Morgan fingerprint density at radius 2 is 0.842 bits per heavy atom. The molecule has 0 radical (unpaired) electrons. The minimum Gasteiger partial charge on any atom is -0.453 e. The number of alkyl halides is 6. The van der Waals surface area contributed by atoms with E-state index in [2.05, 4.69) is 0 Å². The first-order valence-electron chi connectivity index (χ1n) is 12.1. The maximum Gasteiger partial charge on any atom is 0.471 e. The highest BCUT2D eigenvalue weighted by Crippen LogP contribution is 2.15. The van der Waals surface area contributed by atoms with Crippen LogP contribution in [-0.2, 0) is 19.1 Å². The van der Waals surface area contributed by atoms with Gasteiger partial charge in [0.05, 0.1) is 14.2 Å². The number of carbonyl (C=O) groups is 4. The molecule has 0 saturated heterocycles. The Kier molecular flexibility index (Phi) is 16.9. The monoisotopic (exact) mass is 566 g/mol. The van der Waals surface area contributed by atoms with Gasteiger partial charge in [0.1, 0.15) is 0 Å². The minimum absolute atomic E-state index is 0.137. The molecule has 0 fully saturated rings. The molecule has 0 aliphatic heterocycles. The minimum atomic E-state index is -4.93. The summed E-state index contributed by atoms with van der Waals surface area (Å²) in [5.74, 6) is -3.99. The first kappa shape index (κ1) is 35.1. The molecule has 0 heterocycles. The van der Waals surface area contributed by atoms with Crippen LogP contribution in [0.1, 0.15) is 51.4 Å². The maximum atomic E-state index is 12.1. The van der Waals surface area contributed by atoms with E-state index >= 15 is 0 Å². The lowest BCUT2D eigenvalue weighted by atomic mass is 10.2. The molecule has 16 heteroatoms. The van der Waals surface area contributed by atoms with Crippen molar-refractivity contribution in [1.29, 1.82) is 0 Å². The van der Waals surface area contributed by atoms with Gasteiger partial charge in [-0.25, -0.2) is 9.59 Å². The summed E-state index contributed by atoms with van der Waals surface area (Å²) in [5.41, 5.74) is 0. The van der Waals surface area contributed by atoms with Crippen molar-refractivity contribution in [3.05, 3.63) is 0 Å². The molecule has 0 atom stereocenters. The molecule has 2 N–H and O–H groups in total. The summed E-state index contributed by atoms with van der Waals surface area (Å²) in [6.45, 7) is 0.942. The van der Waals surface area contributed by atoms with Gasteiger partial charge in [0.2, 0.25) is 0 Å². The molecule has 0 bridgehead atoms. The zero-order chi connectivity index (χ0) is 29.2. The van der Waals surface area contributed by atoms with Gasteiger partial charge in [-0.1, -0.05) is 0 Å². The Balaban J connectivity index is 4.31. The van der Waals surface area contributed by atoms with Crippen molar-refractivity contribution in [3.63, 3.8) is 0 Å². The summed E-state index contributed by atoms with van der Waals surface area (Å²) in [5, 5.41) is 3.55. The van der Waals surface area contributed by atoms with E-state index in [1.807, 2.05) is 0 Å². The molecule has 0 spiro atoms. The largest absolute Gasteiger partial charge is 0.471 e. The molecule has 38 heavy (non-hydrogen) atoms. The SMILES string of the molecule is COC(=O)N(CCCCCNC(=O)C(F)(F)F)CCCCN(CCCCCNC(=O)C(F)(F)F)C(=O)OC. The van der Waals surface area contributed by atoms with Crippen LogP contribution in [-0.4, -0.2) is 99.6 Å². The van der Waals surface area contributed by atoms with E-state index in [1.54, 1.807) is 10.6 Å². The predicted molar refractivity (Wildman–Crippen MR) is 123 cm³/mol. The second-order valence-corrected chi connectivity index (χ2v) is 8.25. The molecule has 0 rings (SSSR count). The van der Waals surface area contributed by atoms with Crippen LogP contribution in [0.3, 0.4) is 0 Å². The summed E-state index contributed by atoms with van der Waals surface area (Å²) >= 11 is 0. The molecule has 0 aromatic carbocycles. The van der Waals surface area contributed by atoms with E-state index in [-0.39, 0.29) is 13.1 Å².